The quantitative estimate of drug-likeness (QED) is 0.879. The Labute approximate surface area is 103 Å². The van der Waals surface area contributed by atoms with Crippen LogP contribution in [0.3, 0.4) is 0 Å². The number of rotatable bonds is 4. The topological polar surface area (TPSA) is 63.4 Å². The molecule has 96 valence electrons. The second-order valence-corrected chi connectivity index (χ2v) is 6.75. The molecule has 5 heteroatoms. The highest BCUT2D eigenvalue weighted by Gasteiger charge is 2.21. The molecule has 0 unspecified atom stereocenters. The standard InChI is InChI=1S/C12H20N2O2S/c1-12(2,9-14(3)4)10-5-7-11(8-6-10)17(13,15)16/h5-8H,9H2,1-4H3,(H2,13,15,16). The van der Waals surface area contributed by atoms with E-state index < -0.39 is 10.0 Å². The van der Waals surface area contributed by atoms with Crippen LogP contribution in [-0.2, 0) is 15.4 Å². The van der Waals surface area contributed by atoms with Gasteiger partial charge in [0.15, 0.2) is 0 Å². The van der Waals surface area contributed by atoms with Crippen LogP contribution in [0.2, 0.25) is 0 Å². The maximum atomic E-state index is 11.1. The number of benzene rings is 1. The summed E-state index contributed by atoms with van der Waals surface area (Å²) in [6.45, 7) is 5.14. The molecule has 4 nitrogen and oxygen atoms in total. The third-order valence-electron chi connectivity index (χ3n) is 2.68. The van der Waals surface area contributed by atoms with Crippen molar-refractivity contribution in [1.29, 1.82) is 0 Å². The van der Waals surface area contributed by atoms with E-state index >= 15 is 0 Å². The van der Waals surface area contributed by atoms with E-state index in [9.17, 15) is 8.42 Å². The summed E-state index contributed by atoms with van der Waals surface area (Å²) in [6, 6.07) is 6.76. The summed E-state index contributed by atoms with van der Waals surface area (Å²) in [5.41, 5.74) is 1.07. The van der Waals surface area contributed by atoms with E-state index in [-0.39, 0.29) is 10.3 Å². The van der Waals surface area contributed by atoms with E-state index in [0.29, 0.717) is 0 Å². The van der Waals surface area contributed by atoms with Crippen molar-refractivity contribution in [2.75, 3.05) is 20.6 Å². The molecule has 1 aromatic rings. The zero-order valence-electron chi connectivity index (χ0n) is 10.8. The minimum Gasteiger partial charge on any atom is -0.309 e. The Kier molecular flexibility index (Phi) is 3.96. The summed E-state index contributed by atoms with van der Waals surface area (Å²) in [4.78, 5) is 2.26. The van der Waals surface area contributed by atoms with Crippen LogP contribution in [0.1, 0.15) is 19.4 Å². The number of primary sulfonamides is 1. The molecule has 0 spiro atoms. The predicted octanol–water partition coefficient (Wildman–Crippen LogP) is 1.17. The number of hydrogen-bond donors (Lipinski definition) is 1. The molecule has 1 aromatic carbocycles. The van der Waals surface area contributed by atoms with Crippen LogP contribution in [0, 0.1) is 0 Å². The summed E-state index contributed by atoms with van der Waals surface area (Å²) in [7, 11) is 0.430. The smallest absolute Gasteiger partial charge is 0.238 e. The maximum absolute atomic E-state index is 11.1. The lowest BCUT2D eigenvalue weighted by atomic mass is 9.84. The molecule has 0 saturated carbocycles. The van der Waals surface area contributed by atoms with Gasteiger partial charge >= 0.3 is 0 Å². The van der Waals surface area contributed by atoms with E-state index in [1.807, 2.05) is 26.2 Å². The predicted molar refractivity (Wildman–Crippen MR) is 69.4 cm³/mol. The van der Waals surface area contributed by atoms with Crippen molar-refractivity contribution in [1.82, 2.24) is 4.90 Å². The molecule has 0 amide bonds. The van der Waals surface area contributed by atoms with Crippen molar-refractivity contribution in [3.63, 3.8) is 0 Å². The fourth-order valence-electron chi connectivity index (χ4n) is 1.98. The first kappa shape index (κ1) is 14.2. The Morgan fingerprint density at radius 1 is 1.18 bits per heavy atom. The highest BCUT2D eigenvalue weighted by molar-refractivity contribution is 7.89. The lowest BCUT2D eigenvalue weighted by Crippen LogP contribution is -2.32. The summed E-state index contributed by atoms with van der Waals surface area (Å²) in [5, 5.41) is 5.06. The van der Waals surface area contributed by atoms with Crippen molar-refractivity contribution < 1.29 is 8.42 Å². The molecule has 0 aliphatic rings. The third kappa shape index (κ3) is 3.80. The average molecular weight is 256 g/mol. The molecule has 0 fully saturated rings. The van der Waals surface area contributed by atoms with Gasteiger partial charge in [0.05, 0.1) is 4.90 Å². The normalized spacial score (nSPS) is 13.1. The van der Waals surface area contributed by atoms with Gasteiger partial charge in [0.1, 0.15) is 0 Å². The van der Waals surface area contributed by atoms with Gasteiger partial charge in [-0.1, -0.05) is 26.0 Å². The Morgan fingerprint density at radius 2 is 1.65 bits per heavy atom. The van der Waals surface area contributed by atoms with Crippen molar-refractivity contribution in [3.8, 4) is 0 Å². The molecule has 2 N–H and O–H groups in total. The van der Waals surface area contributed by atoms with Gasteiger partial charge in [0.2, 0.25) is 10.0 Å². The Morgan fingerprint density at radius 3 is 2.00 bits per heavy atom. The Bertz CT molecular complexity index is 476. The van der Waals surface area contributed by atoms with E-state index in [1.165, 1.54) is 0 Å². The number of hydrogen-bond acceptors (Lipinski definition) is 3. The molecule has 0 radical (unpaired) electrons. The van der Waals surface area contributed by atoms with Crippen molar-refractivity contribution in [3.05, 3.63) is 29.8 Å². The molecular formula is C12H20N2O2S. The molecule has 0 aliphatic heterocycles. The first-order chi connectivity index (χ1) is 7.63. The minimum absolute atomic E-state index is 0.0274. The summed E-state index contributed by atoms with van der Waals surface area (Å²) in [5.74, 6) is 0. The van der Waals surface area contributed by atoms with Gasteiger partial charge in [-0.15, -0.1) is 0 Å². The second kappa shape index (κ2) is 4.76. The SMILES string of the molecule is CN(C)CC(C)(C)c1ccc(S(N)(=O)=O)cc1. The molecule has 0 aromatic heterocycles. The first-order valence-corrected chi connectivity index (χ1v) is 6.96. The Balaban J connectivity index is 3.03. The van der Waals surface area contributed by atoms with Gasteiger partial charge < -0.3 is 4.90 Å². The van der Waals surface area contributed by atoms with Crippen LogP contribution in [0.4, 0.5) is 0 Å². The third-order valence-corrected chi connectivity index (χ3v) is 3.61. The van der Waals surface area contributed by atoms with Gasteiger partial charge in [-0.3, -0.25) is 0 Å². The second-order valence-electron chi connectivity index (χ2n) is 5.19. The van der Waals surface area contributed by atoms with Crippen molar-refractivity contribution in [2.24, 2.45) is 5.14 Å². The van der Waals surface area contributed by atoms with Crippen molar-refractivity contribution in [2.45, 2.75) is 24.2 Å². The fourth-order valence-corrected chi connectivity index (χ4v) is 2.49. The summed E-state index contributed by atoms with van der Waals surface area (Å²) in [6.07, 6.45) is 0. The molecule has 0 aliphatic carbocycles. The van der Waals surface area contributed by atoms with Crippen molar-refractivity contribution >= 4 is 10.0 Å². The van der Waals surface area contributed by atoms with Gasteiger partial charge in [-0.25, -0.2) is 13.6 Å². The van der Waals surface area contributed by atoms with Crippen LogP contribution < -0.4 is 5.14 Å². The number of likely N-dealkylation sites (N-methyl/N-ethyl adjacent to an activating group) is 1. The highest BCUT2D eigenvalue weighted by atomic mass is 32.2. The molecule has 1 rings (SSSR count). The molecule has 0 saturated heterocycles. The van der Waals surface area contributed by atoms with E-state index in [4.69, 9.17) is 5.14 Å². The van der Waals surface area contributed by atoms with Crippen LogP contribution in [0.15, 0.2) is 29.2 Å². The zero-order valence-corrected chi connectivity index (χ0v) is 11.6. The first-order valence-electron chi connectivity index (χ1n) is 5.41. The van der Waals surface area contributed by atoms with Crippen LogP contribution in [0.5, 0.6) is 0 Å². The van der Waals surface area contributed by atoms with E-state index in [1.54, 1.807) is 12.1 Å². The van der Waals surface area contributed by atoms with E-state index in [0.717, 1.165) is 12.1 Å². The summed E-state index contributed by atoms with van der Waals surface area (Å²) >= 11 is 0. The zero-order chi connectivity index (χ0) is 13.3. The molecule has 0 heterocycles. The lowest BCUT2D eigenvalue weighted by molar-refractivity contribution is 0.315. The number of nitrogens with zero attached hydrogens (tertiary/aromatic N) is 1. The number of nitrogens with two attached hydrogens (primary N) is 1. The van der Waals surface area contributed by atoms with Crippen LogP contribution >= 0.6 is 0 Å². The summed E-state index contributed by atoms with van der Waals surface area (Å²) < 4.78 is 22.3. The fraction of sp³-hybridized carbons (Fsp3) is 0.500. The van der Waals surface area contributed by atoms with Crippen LogP contribution in [-0.4, -0.2) is 34.0 Å². The van der Waals surface area contributed by atoms with Gasteiger partial charge in [-0.05, 0) is 31.8 Å². The lowest BCUT2D eigenvalue weighted by Gasteiger charge is -2.28. The number of sulfonamides is 1. The molecule has 0 atom stereocenters. The highest BCUT2D eigenvalue weighted by Crippen LogP contribution is 2.24. The van der Waals surface area contributed by atoms with E-state index in [2.05, 4.69) is 18.7 Å². The monoisotopic (exact) mass is 256 g/mol. The largest absolute Gasteiger partial charge is 0.309 e. The Hall–Kier alpha value is -0.910. The molecular weight excluding hydrogens is 236 g/mol. The van der Waals surface area contributed by atoms with Gasteiger partial charge in [-0.2, -0.15) is 0 Å². The van der Waals surface area contributed by atoms with Gasteiger partial charge in [0, 0.05) is 12.0 Å². The molecule has 17 heavy (non-hydrogen) atoms. The van der Waals surface area contributed by atoms with Crippen LogP contribution in [0.25, 0.3) is 0 Å². The average Bonchev–Trinajstić information content (AvgIpc) is 2.14. The maximum Gasteiger partial charge on any atom is 0.238 e. The molecule has 0 bridgehead atoms. The van der Waals surface area contributed by atoms with Gasteiger partial charge in [0.25, 0.3) is 0 Å². The minimum atomic E-state index is -3.60.